The van der Waals surface area contributed by atoms with E-state index in [0.29, 0.717) is 18.0 Å². The van der Waals surface area contributed by atoms with E-state index in [-0.39, 0.29) is 12.5 Å². The number of nitrogens with zero attached hydrogens (tertiary/aromatic N) is 1. The van der Waals surface area contributed by atoms with Gasteiger partial charge in [0.1, 0.15) is 0 Å². The molecule has 0 atom stereocenters. The van der Waals surface area contributed by atoms with E-state index in [1.165, 1.54) is 10.8 Å². The summed E-state index contributed by atoms with van der Waals surface area (Å²) in [5.41, 5.74) is 1.09. The van der Waals surface area contributed by atoms with Gasteiger partial charge in [-0.1, -0.05) is 48.5 Å². The first-order valence-electron chi connectivity index (χ1n) is 8.15. The molecule has 0 N–H and O–H groups in total. The molecule has 0 saturated heterocycles. The van der Waals surface area contributed by atoms with Crippen LogP contribution in [0.15, 0.2) is 66.7 Å². The number of para-hydroxylation sites is 2. The number of amides is 1. The Morgan fingerprint density at radius 3 is 2.36 bits per heavy atom. The van der Waals surface area contributed by atoms with Gasteiger partial charge in [0.2, 0.25) is 0 Å². The molecule has 3 rings (SSSR count). The van der Waals surface area contributed by atoms with E-state index in [2.05, 4.69) is 24.3 Å². The Kier molecular flexibility index (Phi) is 5.19. The van der Waals surface area contributed by atoms with E-state index in [1.807, 2.05) is 30.3 Å². The summed E-state index contributed by atoms with van der Waals surface area (Å²) in [5, 5.41) is 2.37. The van der Waals surface area contributed by atoms with Gasteiger partial charge in [0.05, 0.1) is 7.11 Å². The Morgan fingerprint density at radius 2 is 1.60 bits per heavy atom. The lowest BCUT2D eigenvalue weighted by atomic mass is 10.1. The average molecular weight is 335 g/mol. The second-order valence-corrected chi connectivity index (χ2v) is 5.87. The van der Waals surface area contributed by atoms with Crippen LogP contribution >= 0.6 is 0 Å². The zero-order valence-electron chi connectivity index (χ0n) is 14.4. The van der Waals surface area contributed by atoms with Gasteiger partial charge in [-0.05, 0) is 34.5 Å². The standard InChI is InChI=1S/C21H21NO3/c1-22(14-16-11-12-17-7-3-4-8-18(17)13-16)21(23)15-25-20-10-6-5-9-19(20)24-2/h3-13H,14-15H2,1-2H3. The van der Waals surface area contributed by atoms with Crippen molar-refractivity contribution in [3.8, 4) is 11.5 Å². The van der Waals surface area contributed by atoms with Gasteiger partial charge in [-0.3, -0.25) is 4.79 Å². The Labute approximate surface area is 147 Å². The average Bonchev–Trinajstić information content (AvgIpc) is 2.66. The molecule has 4 nitrogen and oxygen atoms in total. The summed E-state index contributed by atoms with van der Waals surface area (Å²) >= 11 is 0. The monoisotopic (exact) mass is 335 g/mol. The summed E-state index contributed by atoms with van der Waals surface area (Å²) in [5.74, 6) is 1.10. The van der Waals surface area contributed by atoms with Crippen molar-refractivity contribution >= 4 is 16.7 Å². The number of carbonyl (C=O) groups excluding carboxylic acids is 1. The number of carbonyl (C=O) groups is 1. The fourth-order valence-corrected chi connectivity index (χ4v) is 2.69. The zero-order chi connectivity index (χ0) is 17.6. The third-order valence-corrected chi connectivity index (χ3v) is 4.08. The summed E-state index contributed by atoms with van der Waals surface area (Å²) in [6.45, 7) is 0.517. The fraction of sp³-hybridized carbons (Fsp3) is 0.190. The highest BCUT2D eigenvalue weighted by molar-refractivity contribution is 5.83. The topological polar surface area (TPSA) is 38.8 Å². The molecule has 0 unspecified atom stereocenters. The van der Waals surface area contributed by atoms with Crippen molar-refractivity contribution in [2.45, 2.75) is 6.54 Å². The molecule has 0 fully saturated rings. The third-order valence-electron chi connectivity index (χ3n) is 4.08. The van der Waals surface area contributed by atoms with Gasteiger partial charge in [-0.15, -0.1) is 0 Å². The van der Waals surface area contributed by atoms with Crippen molar-refractivity contribution < 1.29 is 14.3 Å². The first-order valence-corrected chi connectivity index (χ1v) is 8.15. The summed E-state index contributed by atoms with van der Waals surface area (Å²) in [6.07, 6.45) is 0. The molecule has 4 heteroatoms. The van der Waals surface area contributed by atoms with Crippen molar-refractivity contribution in [3.63, 3.8) is 0 Å². The van der Waals surface area contributed by atoms with Crippen molar-refractivity contribution in [2.24, 2.45) is 0 Å². The van der Waals surface area contributed by atoms with Crippen LogP contribution in [0.4, 0.5) is 0 Å². The normalized spacial score (nSPS) is 10.5. The molecule has 0 aliphatic rings. The van der Waals surface area contributed by atoms with E-state index in [4.69, 9.17) is 9.47 Å². The number of hydrogen-bond donors (Lipinski definition) is 0. The summed E-state index contributed by atoms with van der Waals surface area (Å²) in [4.78, 5) is 14.0. The summed E-state index contributed by atoms with van der Waals surface area (Å²) < 4.78 is 10.8. The van der Waals surface area contributed by atoms with E-state index in [0.717, 1.165) is 5.56 Å². The van der Waals surface area contributed by atoms with Gasteiger partial charge < -0.3 is 14.4 Å². The summed E-state index contributed by atoms with van der Waals surface area (Å²) in [6, 6.07) is 21.7. The van der Waals surface area contributed by atoms with Gasteiger partial charge in [0.25, 0.3) is 5.91 Å². The summed E-state index contributed by atoms with van der Waals surface area (Å²) in [7, 11) is 3.36. The Hall–Kier alpha value is -3.01. The van der Waals surface area contributed by atoms with Crippen LogP contribution in [0, 0.1) is 0 Å². The lowest BCUT2D eigenvalue weighted by Gasteiger charge is -2.18. The first-order chi connectivity index (χ1) is 12.2. The minimum Gasteiger partial charge on any atom is -0.493 e. The molecule has 0 bridgehead atoms. The van der Waals surface area contributed by atoms with Crippen molar-refractivity contribution in [1.82, 2.24) is 4.90 Å². The van der Waals surface area contributed by atoms with E-state index < -0.39 is 0 Å². The largest absolute Gasteiger partial charge is 0.493 e. The molecule has 0 aliphatic carbocycles. The minimum absolute atomic E-state index is 0.0234. The highest BCUT2D eigenvalue weighted by atomic mass is 16.5. The molecule has 0 aromatic heterocycles. The fourth-order valence-electron chi connectivity index (χ4n) is 2.69. The Bertz CT molecular complexity index is 876. The van der Waals surface area contributed by atoms with Crippen LogP contribution in [0.1, 0.15) is 5.56 Å². The number of benzene rings is 3. The quantitative estimate of drug-likeness (QED) is 0.686. The van der Waals surface area contributed by atoms with Crippen LogP contribution in [0.2, 0.25) is 0 Å². The number of hydrogen-bond acceptors (Lipinski definition) is 3. The lowest BCUT2D eigenvalue weighted by Crippen LogP contribution is -2.31. The number of methoxy groups -OCH3 is 1. The van der Waals surface area contributed by atoms with Crippen LogP contribution in [0.3, 0.4) is 0 Å². The van der Waals surface area contributed by atoms with Gasteiger partial charge in [-0.2, -0.15) is 0 Å². The molecular formula is C21H21NO3. The minimum atomic E-state index is -0.0842. The SMILES string of the molecule is COc1ccccc1OCC(=O)N(C)Cc1ccc2ccccc2c1. The van der Waals surface area contributed by atoms with Crippen LogP contribution in [-0.4, -0.2) is 31.6 Å². The molecule has 3 aromatic carbocycles. The lowest BCUT2D eigenvalue weighted by molar-refractivity contribution is -0.132. The molecule has 0 spiro atoms. The predicted molar refractivity (Wildman–Crippen MR) is 98.9 cm³/mol. The van der Waals surface area contributed by atoms with E-state index >= 15 is 0 Å². The molecule has 128 valence electrons. The van der Waals surface area contributed by atoms with Gasteiger partial charge in [0, 0.05) is 13.6 Å². The molecule has 1 amide bonds. The van der Waals surface area contributed by atoms with E-state index in [9.17, 15) is 4.79 Å². The predicted octanol–water partition coefficient (Wildman–Crippen LogP) is 3.89. The molecule has 3 aromatic rings. The van der Waals surface area contributed by atoms with Crippen LogP contribution in [0.5, 0.6) is 11.5 Å². The molecule has 0 aliphatic heterocycles. The molecule has 0 heterocycles. The molecule has 0 radical (unpaired) electrons. The van der Waals surface area contributed by atoms with Gasteiger partial charge in [0.15, 0.2) is 18.1 Å². The van der Waals surface area contributed by atoms with Crippen LogP contribution in [0.25, 0.3) is 10.8 Å². The smallest absolute Gasteiger partial charge is 0.260 e. The maximum Gasteiger partial charge on any atom is 0.260 e. The Morgan fingerprint density at radius 1 is 0.920 bits per heavy atom. The molecule has 25 heavy (non-hydrogen) atoms. The van der Waals surface area contributed by atoms with Crippen molar-refractivity contribution in [1.29, 1.82) is 0 Å². The zero-order valence-corrected chi connectivity index (χ0v) is 14.4. The maximum atomic E-state index is 12.3. The first kappa shape index (κ1) is 16.8. The maximum absolute atomic E-state index is 12.3. The van der Waals surface area contributed by atoms with Crippen molar-refractivity contribution in [3.05, 3.63) is 72.3 Å². The second kappa shape index (κ2) is 7.71. The third kappa shape index (κ3) is 4.10. The second-order valence-electron chi connectivity index (χ2n) is 5.87. The molecular weight excluding hydrogens is 314 g/mol. The Balaban J connectivity index is 1.61. The molecule has 0 saturated carbocycles. The highest BCUT2D eigenvalue weighted by Crippen LogP contribution is 2.25. The van der Waals surface area contributed by atoms with Gasteiger partial charge >= 0.3 is 0 Å². The number of likely N-dealkylation sites (N-methyl/N-ethyl adjacent to an activating group) is 1. The van der Waals surface area contributed by atoms with Gasteiger partial charge in [-0.25, -0.2) is 0 Å². The number of ether oxygens (including phenoxy) is 2. The van der Waals surface area contributed by atoms with E-state index in [1.54, 1.807) is 31.2 Å². The van der Waals surface area contributed by atoms with Crippen LogP contribution in [-0.2, 0) is 11.3 Å². The number of rotatable bonds is 6. The number of fused-ring (bicyclic) bond motifs is 1. The van der Waals surface area contributed by atoms with Crippen molar-refractivity contribution in [2.75, 3.05) is 20.8 Å². The van der Waals surface area contributed by atoms with Crippen LogP contribution < -0.4 is 9.47 Å². The highest BCUT2D eigenvalue weighted by Gasteiger charge is 2.12.